The van der Waals surface area contributed by atoms with E-state index in [1.165, 1.54) is 0 Å². The molecule has 1 N–H and O–H groups in total. The number of ether oxygens (including phenoxy) is 1. The van der Waals surface area contributed by atoms with E-state index in [-0.39, 0.29) is 5.91 Å². The van der Waals surface area contributed by atoms with Gasteiger partial charge in [0, 0.05) is 38.1 Å². The topological polar surface area (TPSA) is 61.5 Å². The van der Waals surface area contributed by atoms with Gasteiger partial charge in [0.2, 0.25) is 0 Å². The first-order valence-electron chi connectivity index (χ1n) is 9.35. The molecule has 27 heavy (non-hydrogen) atoms. The van der Waals surface area contributed by atoms with E-state index in [4.69, 9.17) is 4.74 Å². The second-order valence-corrected chi connectivity index (χ2v) is 6.92. The van der Waals surface area contributed by atoms with Crippen LogP contribution in [0.15, 0.2) is 48.5 Å². The number of nitrogens with one attached hydrogen (secondary N) is 1. The number of nitrogens with zero attached hydrogens (tertiary/aromatic N) is 3. The summed E-state index contributed by atoms with van der Waals surface area (Å²) in [6.45, 7) is 6.67. The summed E-state index contributed by atoms with van der Waals surface area (Å²) in [5.74, 6) is 0.902. The van der Waals surface area contributed by atoms with Gasteiger partial charge in [0.15, 0.2) is 5.69 Å². The van der Waals surface area contributed by atoms with E-state index in [2.05, 4.69) is 15.1 Å². The number of rotatable bonds is 5. The first-order chi connectivity index (χ1) is 13.2. The molecule has 0 aliphatic carbocycles. The molecule has 0 bridgehead atoms. The molecule has 0 radical (unpaired) electrons. The largest absolute Gasteiger partial charge is 0.492 e. The van der Waals surface area contributed by atoms with Gasteiger partial charge in [0.05, 0.1) is 5.52 Å². The Morgan fingerprint density at radius 3 is 2.67 bits per heavy atom. The van der Waals surface area contributed by atoms with Crippen molar-refractivity contribution in [1.29, 1.82) is 0 Å². The van der Waals surface area contributed by atoms with Crippen LogP contribution in [0.1, 0.15) is 16.1 Å². The molecule has 0 atom stereocenters. The minimum absolute atomic E-state index is 0.00651. The summed E-state index contributed by atoms with van der Waals surface area (Å²) >= 11 is 0. The van der Waals surface area contributed by atoms with Crippen LogP contribution in [-0.4, -0.2) is 65.2 Å². The molecule has 1 aliphatic rings. The van der Waals surface area contributed by atoms with Gasteiger partial charge < -0.3 is 9.64 Å². The van der Waals surface area contributed by atoms with Gasteiger partial charge in [-0.15, -0.1) is 0 Å². The predicted octanol–water partition coefficient (Wildman–Crippen LogP) is 2.71. The standard InChI is InChI=1S/C21H24N4O2/c1-16-7-8-19-18(15-16)20(23-22-19)21(26)25-11-9-24(10-12-25)13-14-27-17-5-3-2-4-6-17/h2-8,15H,9-14H2,1H3,(H,22,23). The molecule has 6 heteroatoms. The van der Waals surface area contributed by atoms with Gasteiger partial charge in [-0.05, 0) is 31.2 Å². The van der Waals surface area contributed by atoms with E-state index in [9.17, 15) is 4.79 Å². The highest BCUT2D eigenvalue weighted by Crippen LogP contribution is 2.19. The van der Waals surface area contributed by atoms with Gasteiger partial charge in [-0.2, -0.15) is 5.10 Å². The molecular formula is C21H24N4O2. The number of aromatic amines is 1. The summed E-state index contributed by atoms with van der Waals surface area (Å²) in [7, 11) is 0. The van der Waals surface area contributed by atoms with E-state index < -0.39 is 0 Å². The lowest BCUT2D eigenvalue weighted by Gasteiger charge is -2.34. The SMILES string of the molecule is Cc1ccc2[nH]nc(C(=O)N3CCN(CCOc4ccccc4)CC3)c2c1. The molecule has 0 spiro atoms. The summed E-state index contributed by atoms with van der Waals surface area (Å²) in [4.78, 5) is 17.1. The van der Waals surface area contributed by atoms with E-state index in [0.717, 1.165) is 41.9 Å². The van der Waals surface area contributed by atoms with Gasteiger partial charge in [0.1, 0.15) is 12.4 Å². The van der Waals surface area contributed by atoms with Crippen LogP contribution in [-0.2, 0) is 0 Å². The lowest BCUT2D eigenvalue weighted by molar-refractivity contribution is 0.0616. The predicted molar refractivity (Wildman–Crippen MR) is 105 cm³/mol. The average Bonchev–Trinajstić information content (AvgIpc) is 3.12. The second-order valence-electron chi connectivity index (χ2n) is 6.92. The lowest BCUT2D eigenvalue weighted by Crippen LogP contribution is -2.49. The number of H-pyrrole nitrogens is 1. The zero-order valence-electron chi connectivity index (χ0n) is 15.5. The molecule has 1 fully saturated rings. The number of aryl methyl sites for hydroxylation is 1. The molecule has 1 saturated heterocycles. The van der Waals surface area contributed by atoms with Crippen molar-refractivity contribution in [3.8, 4) is 5.75 Å². The fraction of sp³-hybridized carbons (Fsp3) is 0.333. The third-order valence-electron chi connectivity index (χ3n) is 5.00. The van der Waals surface area contributed by atoms with Gasteiger partial charge in [-0.3, -0.25) is 14.8 Å². The molecule has 3 aromatic rings. The Balaban J connectivity index is 1.30. The van der Waals surface area contributed by atoms with Gasteiger partial charge in [-0.1, -0.05) is 29.8 Å². The highest BCUT2D eigenvalue weighted by Gasteiger charge is 2.25. The number of para-hydroxylation sites is 1. The van der Waals surface area contributed by atoms with Crippen molar-refractivity contribution in [3.63, 3.8) is 0 Å². The average molecular weight is 364 g/mol. The van der Waals surface area contributed by atoms with Crippen molar-refractivity contribution in [2.75, 3.05) is 39.3 Å². The van der Waals surface area contributed by atoms with Crippen molar-refractivity contribution in [1.82, 2.24) is 20.0 Å². The molecule has 0 unspecified atom stereocenters. The van der Waals surface area contributed by atoms with Gasteiger partial charge >= 0.3 is 0 Å². The van der Waals surface area contributed by atoms with Gasteiger partial charge in [-0.25, -0.2) is 0 Å². The van der Waals surface area contributed by atoms with Crippen molar-refractivity contribution in [2.24, 2.45) is 0 Å². The van der Waals surface area contributed by atoms with E-state index in [1.807, 2.05) is 60.4 Å². The zero-order valence-corrected chi connectivity index (χ0v) is 15.5. The number of hydrogen-bond acceptors (Lipinski definition) is 4. The minimum atomic E-state index is 0.00651. The Morgan fingerprint density at radius 2 is 1.89 bits per heavy atom. The maximum atomic E-state index is 12.9. The molecule has 1 amide bonds. The molecule has 4 rings (SSSR count). The van der Waals surface area contributed by atoms with Crippen molar-refractivity contribution in [2.45, 2.75) is 6.92 Å². The summed E-state index contributed by atoms with van der Waals surface area (Å²) in [6.07, 6.45) is 0. The lowest BCUT2D eigenvalue weighted by atomic mass is 10.1. The van der Waals surface area contributed by atoms with Crippen molar-refractivity contribution >= 4 is 16.8 Å². The maximum absolute atomic E-state index is 12.9. The summed E-state index contributed by atoms with van der Waals surface area (Å²) in [6, 6.07) is 15.9. The summed E-state index contributed by atoms with van der Waals surface area (Å²) < 4.78 is 5.76. The minimum Gasteiger partial charge on any atom is -0.492 e. The number of carbonyl (C=O) groups excluding carboxylic acids is 1. The van der Waals surface area contributed by atoms with Crippen LogP contribution < -0.4 is 4.74 Å². The smallest absolute Gasteiger partial charge is 0.275 e. The summed E-state index contributed by atoms with van der Waals surface area (Å²) in [5.41, 5.74) is 2.55. The first kappa shape index (κ1) is 17.5. The fourth-order valence-electron chi connectivity index (χ4n) is 3.42. The third kappa shape index (κ3) is 3.95. The number of piperazine rings is 1. The first-order valence-corrected chi connectivity index (χ1v) is 9.35. The fourth-order valence-corrected chi connectivity index (χ4v) is 3.42. The highest BCUT2D eigenvalue weighted by molar-refractivity contribution is 6.04. The van der Waals surface area contributed by atoms with Crippen LogP contribution >= 0.6 is 0 Å². The second kappa shape index (κ2) is 7.80. The Kier molecular flexibility index (Phi) is 5.07. The number of hydrogen-bond donors (Lipinski definition) is 1. The maximum Gasteiger partial charge on any atom is 0.275 e. The molecule has 140 valence electrons. The third-order valence-corrected chi connectivity index (χ3v) is 5.00. The molecule has 0 saturated carbocycles. The molecule has 1 aliphatic heterocycles. The number of aromatic nitrogens is 2. The van der Waals surface area contributed by atoms with Crippen molar-refractivity contribution < 1.29 is 9.53 Å². The van der Waals surface area contributed by atoms with Crippen molar-refractivity contribution in [3.05, 3.63) is 59.8 Å². The van der Waals surface area contributed by atoms with Crippen LogP contribution in [0.5, 0.6) is 5.75 Å². The molecular weight excluding hydrogens is 340 g/mol. The quantitative estimate of drug-likeness (QED) is 0.756. The van der Waals surface area contributed by atoms with E-state index in [1.54, 1.807) is 0 Å². The Hall–Kier alpha value is -2.86. The molecule has 6 nitrogen and oxygen atoms in total. The van der Waals surface area contributed by atoms with Gasteiger partial charge in [0.25, 0.3) is 5.91 Å². The Labute approximate surface area is 158 Å². The monoisotopic (exact) mass is 364 g/mol. The Morgan fingerprint density at radius 1 is 1.11 bits per heavy atom. The van der Waals surface area contributed by atoms with E-state index >= 15 is 0 Å². The Bertz CT molecular complexity index is 914. The molecule has 1 aromatic heterocycles. The van der Waals surface area contributed by atoms with Crippen LogP contribution in [0, 0.1) is 6.92 Å². The number of amides is 1. The molecule has 2 aromatic carbocycles. The normalized spacial score (nSPS) is 15.2. The molecule has 2 heterocycles. The van der Waals surface area contributed by atoms with Crippen LogP contribution in [0.25, 0.3) is 10.9 Å². The number of benzene rings is 2. The van der Waals surface area contributed by atoms with Crippen LogP contribution in [0.2, 0.25) is 0 Å². The summed E-state index contributed by atoms with van der Waals surface area (Å²) in [5, 5.41) is 8.13. The van der Waals surface area contributed by atoms with E-state index in [0.29, 0.717) is 25.4 Å². The highest BCUT2D eigenvalue weighted by atomic mass is 16.5. The van der Waals surface area contributed by atoms with Crippen LogP contribution in [0.4, 0.5) is 0 Å². The van der Waals surface area contributed by atoms with Crippen LogP contribution in [0.3, 0.4) is 0 Å². The number of carbonyl (C=O) groups is 1. The zero-order chi connectivity index (χ0) is 18.6. The number of fused-ring (bicyclic) bond motifs is 1.